The van der Waals surface area contributed by atoms with Crippen molar-refractivity contribution in [1.29, 1.82) is 0 Å². The lowest BCUT2D eigenvalue weighted by molar-refractivity contribution is 0.443. The molecule has 7 heteroatoms. The predicted molar refractivity (Wildman–Crippen MR) is 50.6 cm³/mol. The molecule has 2 rings (SSSR count). The summed E-state index contributed by atoms with van der Waals surface area (Å²) in [6.45, 7) is 2.92. The molecule has 80 valence electrons. The van der Waals surface area contributed by atoms with Gasteiger partial charge in [0, 0.05) is 14.0 Å². The fourth-order valence-corrected chi connectivity index (χ4v) is 1.16. The van der Waals surface area contributed by atoms with Crippen molar-refractivity contribution in [1.82, 2.24) is 30.3 Å². The molecule has 0 bridgehead atoms. The second kappa shape index (κ2) is 4.18. The van der Waals surface area contributed by atoms with Crippen molar-refractivity contribution in [2.45, 2.75) is 20.0 Å². The van der Waals surface area contributed by atoms with Crippen LogP contribution in [0.3, 0.4) is 0 Å². The minimum absolute atomic E-state index is 0.535. The van der Waals surface area contributed by atoms with Gasteiger partial charge in [0.25, 0.3) is 0 Å². The number of rotatable bonds is 4. The monoisotopic (exact) mass is 208 g/mol. The minimum Gasteiger partial charge on any atom is -0.424 e. The van der Waals surface area contributed by atoms with Crippen LogP contribution in [0.25, 0.3) is 0 Å². The Labute approximate surface area is 86.5 Å². The number of aryl methyl sites for hydroxylation is 2. The number of aromatic nitrogens is 5. The van der Waals surface area contributed by atoms with Crippen LogP contribution < -0.4 is 5.32 Å². The summed E-state index contributed by atoms with van der Waals surface area (Å²) < 4.78 is 7.06. The molecule has 0 aliphatic carbocycles. The number of nitrogens with one attached hydrogen (secondary N) is 1. The van der Waals surface area contributed by atoms with Crippen molar-refractivity contribution in [2.75, 3.05) is 0 Å². The second-order valence-corrected chi connectivity index (χ2v) is 3.18. The molecule has 0 radical (unpaired) electrons. The Kier molecular flexibility index (Phi) is 2.72. The maximum Gasteiger partial charge on any atom is 0.230 e. The smallest absolute Gasteiger partial charge is 0.230 e. The normalized spacial score (nSPS) is 10.8. The summed E-state index contributed by atoms with van der Waals surface area (Å²) in [6.07, 6.45) is 1.66. The topological polar surface area (TPSA) is 81.7 Å². The zero-order valence-electron chi connectivity index (χ0n) is 8.64. The van der Waals surface area contributed by atoms with Crippen molar-refractivity contribution < 1.29 is 4.42 Å². The fraction of sp³-hybridized carbons (Fsp3) is 0.500. The van der Waals surface area contributed by atoms with E-state index in [-0.39, 0.29) is 0 Å². The Balaban J connectivity index is 1.83. The molecular weight excluding hydrogens is 196 g/mol. The molecule has 0 unspecified atom stereocenters. The highest BCUT2D eigenvalue weighted by molar-refractivity contribution is 4.84. The molecule has 0 amide bonds. The lowest BCUT2D eigenvalue weighted by Gasteiger charge is -2.00. The Hall–Kier alpha value is -1.76. The molecule has 7 nitrogen and oxygen atoms in total. The summed E-state index contributed by atoms with van der Waals surface area (Å²) in [5, 5.41) is 18.4. The van der Waals surface area contributed by atoms with Crippen molar-refractivity contribution in [3.05, 3.63) is 23.9 Å². The van der Waals surface area contributed by atoms with Crippen LogP contribution in [0.15, 0.2) is 10.7 Å². The Morgan fingerprint density at radius 1 is 1.33 bits per heavy atom. The average molecular weight is 208 g/mol. The van der Waals surface area contributed by atoms with Crippen LogP contribution in [0.4, 0.5) is 0 Å². The Morgan fingerprint density at radius 3 is 2.80 bits per heavy atom. The van der Waals surface area contributed by atoms with Crippen molar-refractivity contribution in [3.63, 3.8) is 0 Å². The molecule has 15 heavy (non-hydrogen) atoms. The molecule has 0 aliphatic rings. The van der Waals surface area contributed by atoms with Gasteiger partial charge in [-0.25, -0.2) is 0 Å². The molecular formula is C8H12N6O. The second-order valence-electron chi connectivity index (χ2n) is 3.18. The zero-order chi connectivity index (χ0) is 10.7. The molecule has 0 atom stereocenters. The Morgan fingerprint density at radius 2 is 2.20 bits per heavy atom. The highest BCUT2D eigenvalue weighted by Crippen LogP contribution is 1.97. The maximum absolute atomic E-state index is 5.21. The number of hydrogen-bond acceptors (Lipinski definition) is 6. The van der Waals surface area contributed by atoms with Crippen LogP contribution >= 0.6 is 0 Å². The third-order valence-electron chi connectivity index (χ3n) is 1.93. The summed E-state index contributed by atoms with van der Waals surface area (Å²) in [5.41, 5.74) is 0. The van der Waals surface area contributed by atoms with E-state index in [2.05, 4.69) is 25.7 Å². The van der Waals surface area contributed by atoms with Crippen LogP contribution in [0.1, 0.15) is 17.6 Å². The van der Waals surface area contributed by atoms with E-state index in [1.54, 1.807) is 13.3 Å². The van der Waals surface area contributed by atoms with E-state index < -0.39 is 0 Å². The summed E-state index contributed by atoms with van der Waals surface area (Å²) in [6, 6.07) is 0. The lowest BCUT2D eigenvalue weighted by atomic mass is 10.5. The zero-order valence-corrected chi connectivity index (χ0v) is 8.64. The van der Waals surface area contributed by atoms with Gasteiger partial charge >= 0.3 is 0 Å². The summed E-state index contributed by atoms with van der Waals surface area (Å²) in [7, 11) is 1.90. The predicted octanol–water partition coefficient (Wildman–Crippen LogP) is -0.204. The van der Waals surface area contributed by atoms with E-state index in [1.807, 2.05) is 11.6 Å². The van der Waals surface area contributed by atoms with E-state index in [4.69, 9.17) is 4.42 Å². The van der Waals surface area contributed by atoms with Gasteiger partial charge in [0.15, 0.2) is 0 Å². The first-order valence-electron chi connectivity index (χ1n) is 4.58. The van der Waals surface area contributed by atoms with Gasteiger partial charge in [-0.15, -0.1) is 20.4 Å². The van der Waals surface area contributed by atoms with E-state index in [0.717, 1.165) is 5.82 Å². The van der Waals surface area contributed by atoms with Gasteiger partial charge in [0.05, 0.1) is 13.1 Å². The molecule has 2 heterocycles. The van der Waals surface area contributed by atoms with Gasteiger partial charge in [0.1, 0.15) is 12.2 Å². The first-order chi connectivity index (χ1) is 7.25. The molecule has 2 aromatic heterocycles. The molecule has 0 aromatic carbocycles. The number of hydrogen-bond donors (Lipinski definition) is 1. The number of nitrogens with zero attached hydrogens (tertiary/aromatic N) is 5. The molecule has 0 saturated heterocycles. The van der Waals surface area contributed by atoms with Gasteiger partial charge in [-0.3, -0.25) is 0 Å². The quantitative estimate of drug-likeness (QED) is 0.749. The molecule has 0 spiro atoms. The fourth-order valence-electron chi connectivity index (χ4n) is 1.16. The van der Waals surface area contributed by atoms with Crippen LogP contribution in [-0.2, 0) is 20.1 Å². The molecule has 1 N–H and O–H groups in total. The van der Waals surface area contributed by atoms with Crippen LogP contribution in [-0.4, -0.2) is 25.0 Å². The van der Waals surface area contributed by atoms with Crippen molar-refractivity contribution in [3.8, 4) is 0 Å². The SMILES string of the molecule is Cc1nnc(CNCc2nncn2C)o1. The van der Waals surface area contributed by atoms with Gasteiger partial charge in [-0.05, 0) is 0 Å². The lowest BCUT2D eigenvalue weighted by Crippen LogP contribution is -2.15. The third kappa shape index (κ3) is 2.38. The molecule has 0 saturated carbocycles. The van der Waals surface area contributed by atoms with Gasteiger partial charge < -0.3 is 14.3 Å². The largest absolute Gasteiger partial charge is 0.424 e. The van der Waals surface area contributed by atoms with Crippen LogP contribution in [0.5, 0.6) is 0 Å². The van der Waals surface area contributed by atoms with E-state index in [9.17, 15) is 0 Å². The van der Waals surface area contributed by atoms with Crippen LogP contribution in [0.2, 0.25) is 0 Å². The third-order valence-corrected chi connectivity index (χ3v) is 1.93. The van der Waals surface area contributed by atoms with E-state index in [0.29, 0.717) is 24.9 Å². The average Bonchev–Trinajstić information content (AvgIpc) is 2.77. The maximum atomic E-state index is 5.21. The summed E-state index contributed by atoms with van der Waals surface area (Å²) in [4.78, 5) is 0. The first-order valence-corrected chi connectivity index (χ1v) is 4.58. The van der Waals surface area contributed by atoms with Crippen LogP contribution in [0, 0.1) is 6.92 Å². The first kappa shape index (κ1) is 9.78. The summed E-state index contributed by atoms with van der Waals surface area (Å²) in [5.74, 6) is 2.02. The standard InChI is InChI=1S/C8H12N6O/c1-6-11-13-8(15-6)4-9-3-7-12-10-5-14(7)2/h5,9H,3-4H2,1-2H3. The van der Waals surface area contributed by atoms with Crippen molar-refractivity contribution in [2.24, 2.45) is 7.05 Å². The molecule has 0 aliphatic heterocycles. The van der Waals surface area contributed by atoms with Gasteiger partial charge in [-0.2, -0.15) is 0 Å². The summed E-state index contributed by atoms with van der Waals surface area (Å²) >= 11 is 0. The van der Waals surface area contributed by atoms with E-state index >= 15 is 0 Å². The van der Waals surface area contributed by atoms with Gasteiger partial charge in [-0.1, -0.05) is 0 Å². The minimum atomic E-state index is 0.535. The molecule has 2 aromatic rings. The van der Waals surface area contributed by atoms with Crippen molar-refractivity contribution >= 4 is 0 Å². The van der Waals surface area contributed by atoms with Gasteiger partial charge in [0.2, 0.25) is 11.8 Å². The Bertz CT molecular complexity index is 434. The highest BCUT2D eigenvalue weighted by atomic mass is 16.4. The molecule has 0 fully saturated rings. The highest BCUT2D eigenvalue weighted by Gasteiger charge is 2.03. The van der Waals surface area contributed by atoms with E-state index in [1.165, 1.54) is 0 Å².